The van der Waals surface area contributed by atoms with E-state index in [1.165, 1.54) is 12.3 Å². The number of rotatable bonds is 1. The minimum atomic E-state index is -0.320. The van der Waals surface area contributed by atoms with Crippen LogP contribution < -0.4 is 0 Å². The van der Waals surface area contributed by atoms with Gasteiger partial charge in [-0.15, -0.1) is 11.3 Å². The summed E-state index contributed by atoms with van der Waals surface area (Å²) < 4.78 is 13.9. The lowest BCUT2D eigenvalue weighted by molar-refractivity contribution is 0.622. The van der Waals surface area contributed by atoms with Gasteiger partial charge < -0.3 is 0 Å². The number of halogens is 1. The van der Waals surface area contributed by atoms with Crippen LogP contribution in [0.4, 0.5) is 4.39 Å². The summed E-state index contributed by atoms with van der Waals surface area (Å²) in [6.07, 6.45) is 1.23. The highest BCUT2D eigenvalue weighted by molar-refractivity contribution is 7.18. The zero-order valence-corrected chi connectivity index (χ0v) is 9.96. The highest BCUT2D eigenvalue weighted by Gasteiger charge is 2.04. The molecule has 0 spiro atoms. The van der Waals surface area contributed by atoms with Gasteiger partial charge in [0, 0.05) is 5.56 Å². The summed E-state index contributed by atoms with van der Waals surface area (Å²) in [7, 11) is 0. The molecule has 0 aliphatic carbocycles. The number of fused-ring (bicyclic) bond motifs is 1. The predicted molar refractivity (Wildman–Crippen MR) is 67.5 cm³/mol. The van der Waals surface area contributed by atoms with E-state index in [9.17, 15) is 4.39 Å². The van der Waals surface area contributed by atoms with Gasteiger partial charge in [-0.2, -0.15) is 0 Å². The molecule has 0 radical (unpaired) electrons. The Morgan fingerprint density at radius 1 is 1.18 bits per heavy atom. The molecule has 1 aromatic carbocycles. The van der Waals surface area contributed by atoms with Crippen molar-refractivity contribution in [2.75, 3.05) is 0 Å². The van der Waals surface area contributed by atoms with Crippen molar-refractivity contribution in [3.05, 3.63) is 47.4 Å². The van der Waals surface area contributed by atoms with Gasteiger partial charge in [0.2, 0.25) is 0 Å². The smallest absolute Gasteiger partial charge is 0.141 e. The highest BCUT2D eigenvalue weighted by atomic mass is 32.1. The molecular weight excluding hydrogens is 235 g/mol. The van der Waals surface area contributed by atoms with Gasteiger partial charge in [0.1, 0.15) is 5.82 Å². The number of nitrogens with zero attached hydrogens (tertiary/aromatic N) is 2. The zero-order valence-electron chi connectivity index (χ0n) is 9.14. The lowest BCUT2D eigenvalue weighted by atomic mass is 10.1. The quantitative estimate of drug-likeness (QED) is 0.650. The predicted octanol–water partition coefficient (Wildman–Crippen LogP) is 3.81. The Bertz CT molecular complexity index is 673. The van der Waals surface area contributed by atoms with Crippen LogP contribution in [-0.2, 0) is 0 Å². The second-order valence-electron chi connectivity index (χ2n) is 3.78. The summed E-state index contributed by atoms with van der Waals surface area (Å²) in [4.78, 5) is 8.50. The topological polar surface area (TPSA) is 25.8 Å². The van der Waals surface area contributed by atoms with Crippen LogP contribution in [0.25, 0.3) is 21.5 Å². The van der Waals surface area contributed by atoms with Crippen molar-refractivity contribution in [1.29, 1.82) is 0 Å². The molecule has 0 N–H and O–H groups in total. The number of hydrogen-bond acceptors (Lipinski definition) is 3. The molecule has 2 aromatic heterocycles. The monoisotopic (exact) mass is 244 g/mol. The van der Waals surface area contributed by atoms with E-state index < -0.39 is 0 Å². The normalized spacial score (nSPS) is 10.9. The van der Waals surface area contributed by atoms with E-state index >= 15 is 0 Å². The van der Waals surface area contributed by atoms with Crippen LogP contribution in [-0.4, -0.2) is 9.97 Å². The van der Waals surface area contributed by atoms with Gasteiger partial charge in [-0.3, -0.25) is 4.98 Å². The molecule has 0 amide bonds. The minimum absolute atomic E-state index is 0.320. The van der Waals surface area contributed by atoms with E-state index in [1.54, 1.807) is 17.4 Å². The van der Waals surface area contributed by atoms with Gasteiger partial charge in [-0.05, 0) is 31.2 Å². The molecule has 0 fully saturated rings. The molecule has 0 bridgehead atoms. The molecule has 4 heteroatoms. The van der Waals surface area contributed by atoms with Crippen molar-refractivity contribution in [2.45, 2.75) is 6.92 Å². The fraction of sp³-hybridized carbons (Fsp3) is 0.0769. The molecule has 0 unspecified atom stereocenters. The third-order valence-corrected chi connectivity index (χ3v) is 3.47. The van der Waals surface area contributed by atoms with Gasteiger partial charge in [0.15, 0.2) is 0 Å². The molecule has 3 aromatic rings. The number of benzene rings is 1. The molecule has 0 atom stereocenters. The van der Waals surface area contributed by atoms with Crippen LogP contribution in [0.5, 0.6) is 0 Å². The first-order chi connectivity index (χ1) is 8.22. The number of hydrogen-bond donors (Lipinski definition) is 0. The fourth-order valence-electron chi connectivity index (χ4n) is 1.75. The van der Waals surface area contributed by atoms with E-state index in [0.29, 0.717) is 0 Å². The third kappa shape index (κ3) is 1.91. The average Bonchev–Trinajstić information content (AvgIpc) is 2.69. The van der Waals surface area contributed by atoms with Gasteiger partial charge in [0.25, 0.3) is 0 Å². The summed E-state index contributed by atoms with van der Waals surface area (Å²) in [6, 6.07) is 9.09. The molecule has 0 aliphatic heterocycles. The second kappa shape index (κ2) is 3.89. The Hall–Kier alpha value is -1.81. The standard InChI is InChI=1S/C13H9FN2S/c1-8-16-12-6-9(2-5-13(12)17-8)11-4-3-10(14)7-15-11/h2-7H,1H3. The van der Waals surface area contributed by atoms with Gasteiger partial charge >= 0.3 is 0 Å². The highest BCUT2D eigenvalue weighted by Crippen LogP contribution is 2.26. The summed E-state index contributed by atoms with van der Waals surface area (Å²) in [5.41, 5.74) is 2.69. The van der Waals surface area contributed by atoms with E-state index in [2.05, 4.69) is 9.97 Å². The molecule has 2 heterocycles. The fourth-order valence-corrected chi connectivity index (χ4v) is 2.56. The summed E-state index contributed by atoms with van der Waals surface area (Å²) in [5, 5.41) is 1.05. The lowest BCUT2D eigenvalue weighted by Gasteiger charge is -1.99. The van der Waals surface area contributed by atoms with Crippen molar-refractivity contribution < 1.29 is 4.39 Å². The number of aromatic nitrogens is 2. The Balaban J connectivity index is 2.13. The van der Waals surface area contributed by atoms with E-state index in [4.69, 9.17) is 0 Å². The van der Waals surface area contributed by atoms with Crippen LogP contribution in [0.3, 0.4) is 0 Å². The maximum absolute atomic E-state index is 12.8. The van der Waals surface area contributed by atoms with Crippen molar-refractivity contribution in [2.24, 2.45) is 0 Å². The molecule has 2 nitrogen and oxygen atoms in total. The Morgan fingerprint density at radius 2 is 2.06 bits per heavy atom. The van der Waals surface area contributed by atoms with Crippen LogP contribution in [0.2, 0.25) is 0 Å². The van der Waals surface area contributed by atoms with Crippen LogP contribution in [0, 0.1) is 12.7 Å². The summed E-state index contributed by atoms with van der Waals surface area (Å²) >= 11 is 1.67. The Labute approximate surface area is 102 Å². The van der Waals surface area contributed by atoms with E-state index in [1.807, 2.05) is 25.1 Å². The van der Waals surface area contributed by atoms with Crippen molar-refractivity contribution in [3.8, 4) is 11.3 Å². The molecule has 0 aliphatic rings. The maximum atomic E-state index is 12.8. The summed E-state index contributed by atoms with van der Waals surface area (Å²) in [6.45, 7) is 1.99. The number of thiazole rings is 1. The van der Waals surface area contributed by atoms with E-state index in [-0.39, 0.29) is 5.82 Å². The number of pyridine rings is 1. The second-order valence-corrected chi connectivity index (χ2v) is 5.01. The first-order valence-electron chi connectivity index (χ1n) is 5.21. The van der Waals surface area contributed by atoms with Crippen molar-refractivity contribution in [1.82, 2.24) is 9.97 Å². The molecule has 0 saturated carbocycles. The molecular formula is C13H9FN2S. The summed E-state index contributed by atoms with van der Waals surface area (Å²) in [5.74, 6) is -0.320. The minimum Gasteiger partial charge on any atom is -0.253 e. The molecule has 84 valence electrons. The Kier molecular flexibility index (Phi) is 2.37. The molecule has 17 heavy (non-hydrogen) atoms. The largest absolute Gasteiger partial charge is 0.253 e. The van der Waals surface area contributed by atoms with E-state index in [0.717, 1.165) is 26.5 Å². The molecule has 0 saturated heterocycles. The van der Waals surface area contributed by atoms with Crippen LogP contribution in [0.15, 0.2) is 36.5 Å². The van der Waals surface area contributed by atoms with Gasteiger partial charge in [-0.25, -0.2) is 9.37 Å². The first kappa shape index (κ1) is 10.4. The molecule has 3 rings (SSSR count). The first-order valence-corrected chi connectivity index (χ1v) is 6.03. The Morgan fingerprint density at radius 3 is 2.82 bits per heavy atom. The maximum Gasteiger partial charge on any atom is 0.141 e. The van der Waals surface area contributed by atoms with Gasteiger partial charge in [0.05, 0.1) is 27.1 Å². The van der Waals surface area contributed by atoms with Gasteiger partial charge in [-0.1, -0.05) is 6.07 Å². The average molecular weight is 244 g/mol. The SMILES string of the molecule is Cc1nc2cc(-c3ccc(F)cn3)ccc2s1. The van der Waals surface area contributed by atoms with Crippen molar-refractivity contribution >= 4 is 21.6 Å². The lowest BCUT2D eigenvalue weighted by Crippen LogP contribution is -1.84. The van der Waals surface area contributed by atoms with Crippen molar-refractivity contribution in [3.63, 3.8) is 0 Å². The number of aryl methyl sites for hydroxylation is 1. The third-order valence-electron chi connectivity index (χ3n) is 2.52. The van der Waals surface area contributed by atoms with Crippen LogP contribution in [0.1, 0.15) is 5.01 Å². The van der Waals surface area contributed by atoms with Crippen LogP contribution >= 0.6 is 11.3 Å². The zero-order chi connectivity index (χ0) is 11.8.